The zero-order valence-corrected chi connectivity index (χ0v) is 13.0. The Kier molecular flexibility index (Phi) is 4.42. The third kappa shape index (κ3) is 3.17. The molecule has 5 nitrogen and oxygen atoms in total. The van der Waals surface area contributed by atoms with Gasteiger partial charge in [-0.15, -0.1) is 11.3 Å². The maximum atomic E-state index is 12.3. The molecule has 0 radical (unpaired) electrons. The molecule has 1 heterocycles. The zero-order chi connectivity index (χ0) is 14.8. The van der Waals surface area contributed by atoms with Gasteiger partial charge in [-0.05, 0) is 25.0 Å². The molecule has 7 heteroatoms. The van der Waals surface area contributed by atoms with Crippen molar-refractivity contribution in [3.05, 3.63) is 39.8 Å². The Morgan fingerprint density at radius 3 is 2.65 bits per heavy atom. The summed E-state index contributed by atoms with van der Waals surface area (Å²) in [5.74, 6) is 0. The lowest BCUT2D eigenvalue weighted by molar-refractivity contribution is 0.581. The summed E-state index contributed by atoms with van der Waals surface area (Å²) in [7, 11) is -3.60. The average Bonchev–Trinajstić information content (AvgIpc) is 2.87. The van der Waals surface area contributed by atoms with Crippen LogP contribution in [0.5, 0.6) is 0 Å². The third-order valence-electron chi connectivity index (χ3n) is 2.99. The summed E-state index contributed by atoms with van der Waals surface area (Å²) in [6.45, 7) is 3.84. The minimum Gasteiger partial charge on any atom is -0.397 e. The first-order chi connectivity index (χ1) is 9.42. The predicted octanol–water partition coefficient (Wildman–Crippen LogP) is 1.86. The van der Waals surface area contributed by atoms with E-state index in [0.717, 1.165) is 10.6 Å². The Morgan fingerprint density at radius 1 is 1.30 bits per heavy atom. The van der Waals surface area contributed by atoms with Crippen molar-refractivity contribution in [1.82, 2.24) is 9.71 Å². The number of sulfonamides is 1. The van der Waals surface area contributed by atoms with Crippen LogP contribution in [-0.4, -0.2) is 19.9 Å². The number of rotatable bonds is 5. The molecule has 0 amide bonds. The van der Waals surface area contributed by atoms with E-state index >= 15 is 0 Å². The van der Waals surface area contributed by atoms with Crippen LogP contribution >= 0.6 is 11.3 Å². The minimum absolute atomic E-state index is 0.177. The van der Waals surface area contributed by atoms with Gasteiger partial charge in [0.2, 0.25) is 10.0 Å². The van der Waals surface area contributed by atoms with Gasteiger partial charge in [0.15, 0.2) is 0 Å². The average molecular weight is 311 g/mol. The van der Waals surface area contributed by atoms with Gasteiger partial charge in [-0.25, -0.2) is 18.1 Å². The van der Waals surface area contributed by atoms with E-state index in [1.165, 1.54) is 11.3 Å². The second kappa shape index (κ2) is 5.90. The standard InChI is InChI=1S/C13H17N3O2S2/c1-9-3-4-10(2)13(12(9)14)20(17,18)16-6-5-11-15-7-8-19-11/h3-4,7-8,16H,5-6,14H2,1-2H3. The molecule has 0 spiro atoms. The number of hydrogen-bond acceptors (Lipinski definition) is 5. The highest BCUT2D eigenvalue weighted by molar-refractivity contribution is 7.89. The first-order valence-electron chi connectivity index (χ1n) is 6.15. The van der Waals surface area contributed by atoms with Crippen molar-refractivity contribution in [2.45, 2.75) is 25.2 Å². The van der Waals surface area contributed by atoms with E-state index in [4.69, 9.17) is 5.73 Å². The van der Waals surface area contributed by atoms with E-state index < -0.39 is 10.0 Å². The summed E-state index contributed by atoms with van der Waals surface area (Å²) in [5.41, 5.74) is 7.63. The zero-order valence-electron chi connectivity index (χ0n) is 11.4. The van der Waals surface area contributed by atoms with Gasteiger partial charge in [-0.2, -0.15) is 0 Å². The van der Waals surface area contributed by atoms with Crippen LogP contribution in [0.15, 0.2) is 28.6 Å². The normalized spacial score (nSPS) is 11.7. The van der Waals surface area contributed by atoms with Crippen molar-refractivity contribution in [2.24, 2.45) is 0 Å². The molecule has 0 aliphatic carbocycles. The molecule has 0 unspecified atom stereocenters. The molecule has 3 N–H and O–H groups in total. The molecular formula is C13H17N3O2S2. The maximum absolute atomic E-state index is 12.3. The Labute approximate surface area is 122 Å². The van der Waals surface area contributed by atoms with E-state index in [1.807, 2.05) is 11.4 Å². The van der Waals surface area contributed by atoms with Gasteiger partial charge in [0, 0.05) is 24.5 Å². The van der Waals surface area contributed by atoms with Crippen LogP contribution in [-0.2, 0) is 16.4 Å². The van der Waals surface area contributed by atoms with E-state index in [9.17, 15) is 8.42 Å². The van der Waals surface area contributed by atoms with Gasteiger partial charge in [-0.3, -0.25) is 0 Å². The molecule has 0 aliphatic rings. The molecule has 0 atom stereocenters. The van der Waals surface area contributed by atoms with Crippen molar-refractivity contribution in [3.63, 3.8) is 0 Å². The third-order valence-corrected chi connectivity index (χ3v) is 5.50. The molecule has 1 aromatic carbocycles. The fourth-order valence-corrected chi connectivity index (χ4v) is 3.98. The Morgan fingerprint density at radius 2 is 2.00 bits per heavy atom. The van der Waals surface area contributed by atoms with Gasteiger partial charge < -0.3 is 5.73 Å². The lowest BCUT2D eigenvalue weighted by Gasteiger charge is -2.13. The molecule has 1 aromatic heterocycles. The van der Waals surface area contributed by atoms with Gasteiger partial charge in [0.05, 0.1) is 10.7 Å². The van der Waals surface area contributed by atoms with E-state index in [1.54, 1.807) is 26.1 Å². The van der Waals surface area contributed by atoms with Crippen LogP contribution in [0, 0.1) is 13.8 Å². The molecule has 0 aliphatic heterocycles. The fourth-order valence-electron chi connectivity index (χ4n) is 1.90. The summed E-state index contributed by atoms with van der Waals surface area (Å²) in [6.07, 6.45) is 2.28. The molecule has 0 bridgehead atoms. The van der Waals surface area contributed by atoms with Crippen molar-refractivity contribution < 1.29 is 8.42 Å². The van der Waals surface area contributed by atoms with Crippen molar-refractivity contribution in [3.8, 4) is 0 Å². The molecule has 20 heavy (non-hydrogen) atoms. The Hall–Kier alpha value is -1.44. The number of nitrogen functional groups attached to an aromatic ring is 1. The van der Waals surface area contributed by atoms with Crippen LogP contribution in [0.2, 0.25) is 0 Å². The highest BCUT2D eigenvalue weighted by Gasteiger charge is 2.20. The monoisotopic (exact) mass is 311 g/mol. The number of nitrogens with two attached hydrogens (primary N) is 1. The van der Waals surface area contributed by atoms with E-state index in [2.05, 4.69) is 9.71 Å². The van der Waals surface area contributed by atoms with Crippen LogP contribution in [0.4, 0.5) is 5.69 Å². The minimum atomic E-state index is -3.60. The molecule has 2 rings (SSSR count). The molecule has 0 saturated heterocycles. The van der Waals surface area contributed by atoms with Gasteiger partial charge in [0.25, 0.3) is 0 Å². The van der Waals surface area contributed by atoms with Crippen molar-refractivity contribution in [1.29, 1.82) is 0 Å². The number of nitrogens with one attached hydrogen (secondary N) is 1. The number of nitrogens with zero attached hydrogens (tertiary/aromatic N) is 1. The van der Waals surface area contributed by atoms with Crippen LogP contribution < -0.4 is 10.5 Å². The second-order valence-corrected chi connectivity index (χ2v) is 7.20. The summed E-state index contributed by atoms with van der Waals surface area (Å²) in [6, 6.07) is 3.58. The molecule has 0 fully saturated rings. The smallest absolute Gasteiger partial charge is 0.242 e. The molecule has 0 saturated carbocycles. The SMILES string of the molecule is Cc1ccc(C)c(S(=O)(=O)NCCc2nccs2)c1N. The van der Waals surface area contributed by atoms with Crippen molar-refractivity contribution in [2.75, 3.05) is 12.3 Å². The van der Waals surface area contributed by atoms with Crippen LogP contribution in [0.25, 0.3) is 0 Å². The van der Waals surface area contributed by atoms with E-state index in [-0.39, 0.29) is 4.90 Å². The summed E-state index contributed by atoms with van der Waals surface area (Å²) < 4.78 is 27.3. The molecule has 2 aromatic rings. The number of thiazole rings is 1. The Bertz CT molecular complexity index is 695. The second-order valence-electron chi connectivity index (χ2n) is 4.52. The summed E-state index contributed by atoms with van der Waals surface area (Å²) in [5, 5.41) is 2.77. The highest BCUT2D eigenvalue weighted by atomic mass is 32.2. The Balaban J connectivity index is 2.16. The van der Waals surface area contributed by atoms with Gasteiger partial charge >= 0.3 is 0 Å². The largest absolute Gasteiger partial charge is 0.397 e. The predicted molar refractivity (Wildman–Crippen MR) is 81.3 cm³/mol. The van der Waals surface area contributed by atoms with Crippen molar-refractivity contribution >= 4 is 27.0 Å². The fraction of sp³-hybridized carbons (Fsp3) is 0.308. The maximum Gasteiger partial charge on any atom is 0.242 e. The molecular weight excluding hydrogens is 294 g/mol. The molecule has 108 valence electrons. The van der Waals surface area contributed by atoms with Gasteiger partial charge in [-0.1, -0.05) is 12.1 Å². The van der Waals surface area contributed by atoms with Crippen LogP contribution in [0.3, 0.4) is 0 Å². The number of hydrogen-bond donors (Lipinski definition) is 2. The summed E-state index contributed by atoms with van der Waals surface area (Å²) >= 11 is 1.51. The lowest BCUT2D eigenvalue weighted by atomic mass is 10.1. The van der Waals surface area contributed by atoms with Gasteiger partial charge in [0.1, 0.15) is 4.90 Å². The quantitative estimate of drug-likeness (QED) is 0.825. The number of benzene rings is 1. The number of anilines is 1. The first kappa shape index (κ1) is 15.0. The number of aryl methyl sites for hydroxylation is 2. The summed E-state index contributed by atoms with van der Waals surface area (Å²) in [4.78, 5) is 4.29. The number of aromatic nitrogens is 1. The van der Waals surface area contributed by atoms with E-state index in [0.29, 0.717) is 24.2 Å². The highest BCUT2D eigenvalue weighted by Crippen LogP contribution is 2.25. The first-order valence-corrected chi connectivity index (χ1v) is 8.52. The lowest BCUT2D eigenvalue weighted by Crippen LogP contribution is -2.27. The topological polar surface area (TPSA) is 85.1 Å². The van der Waals surface area contributed by atoms with Crippen LogP contribution in [0.1, 0.15) is 16.1 Å².